The van der Waals surface area contributed by atoms with Crippen LogP contribution in [0.15, 0.2) is 52.5 Å². The van der Waals surface area contributed by atoms with E-state index in [1.54, 1.807) is 16.4 Å². The minimum atomic E-state index is -3.43. The van der Waals surface area contributed by atoms with Gasteiger partial charge in [0.1, 0.15) is 0 Å². The molecule has 1 N–H and O–H groups in total. The summed E-state index contributed by atoms with van der Waals surface area (Å²) in [6.45, 7) is 5.18. The van der Waals surface area contributed by atoms with Gasteiger partial charge in [0.2, 0.25) is 10.0 Å². The number of benzene rings is 1. The van der Waals surface area contributed by atoms with Crippen LogP contribution >= 0.6 is 24.0 Å². The molecule has 0 amide bonds. The van der Waals surface area contributed by atoms with Gasteiger partial charge in [-0.2, -0.15) is 4.31 Å². The first kappa shape index (κ1) is 25.7. The van der Waals surface area contributed by atoms with Gasteiger partial charge in [0.15, 0.2) is 5.96 Å². The van der Waals surface area contributed by atoms with Gasteiger partial charge in [-0.3, -0.25) is 0 Å². The number of hydrogen-bond donors (Lipinski definition) is 1. The van der Waals surface area contributed by atoms with Gasteiger partial charge >= 0.3 is 0 Å². The number of aryl methyl sites for hydroxylation is 1. The minimum Gasteiger partial charge on any atom is -0.357 e. The highest BCUT2D eigenvalue weighted by Crippen LogP contribution is 2.21. The zero-order valence-electron chi connectivity index (χ0n) is 18.6. The number of sulfonamides is 1. The van der Waals surface area contributed by atoms with Gasteiger partial charge in [0, 0.05) is 45.6 Å². The standard InChI is InChI=1S/C22H33N5O2S.HI/c1-4-23-22(26(3)18-20-11-9-13-25(20)2)24-17-19-10-8-12-21(16-19)30(28,29)27-14-6-5-7-15-27;/h8-13,16H,4-7,14-15,17-18H2,1-3H3,(H,23,24);1H. The smallest absolute Gasteiger partial charge is 0.243 e. The molecule has 0 aliphatic carbocycles. The topological polar surface area (TPSA) is 69.9 Å². The van der Waals surface area contributed by atoms with Crippen molar-refractivity contribution in [1.29, 1.82) is 0 Å². The molecular weight excluding hydrogens is 525 g/mol. The summed E-state index contributed by atoms with van der Waals surface area (Å²) in [4.78, 5) is 7.18. The van der Waals surface area contributed by atoms with E-state index in [1.807, 2.05) is 45.4 Å². The maximum absolute atomic E-state index is 13.0. The van der Waals surface area contributed by atoms with E-state index in [0.717, 1.165) is 43.9 Å². The van der Waals surface area contributed by atoms with E-state index >= 15 is 0 Å². The Morgan fingerprint density at radius 3 is 2.55 bits per heavy atom. The molecule has 1 aromatic heterocycles. The molecule has 0 atom stereocenters. The van der Waals surface area contributed by atoms with Crippen molar-refractivity contribution in [3.05, 3.63) is 53.9 Å². The molecular formula is C22H34IN5O2S. The third-order valence-electron chi connectivity index (χ3n) is 5.41. The molecule has 3 rings (SSSR count). The van der Waals surface area contributed by atoms with E-state index in [1.165, 1.54) is 5.69 Å². The normalized spacial score (nSPS) is 15.4. The molecule has 0 bridgehead atoms. The highest BCUT2D eigenvalue weighted by Gasteiger charge is 2.25. The van der Waals surface area contributed by atoms with Gasteiger partial charge in [-0.1, -0.05) is 18.6 Å². The summed E-state index contributed by atoms with van der Waals surface area (Å²) >= 11 is 0. The first-order valence-corrected chi connectivity index (χ1v) is 12.0. The quantitative estimate of drug-likeness (QED) is 0.321. The molecule has 1 aliphatic rings. The lowest BCUT2D eigenvalue weighted by molar-refractivity contribution is 0.346. The second-order valence-corrected chi connectivity index (χ2v) is 9.69. The Labute approximate surface area is 203 Å². The van der Waals surface area contributed by atoms with E-state index in [9.17, 15) is 8.42 Å². The largest absolute Gasteiger partial charge is 0.357 e. The number of aliphatic imine (C=N–C) groups is 1. The second-order valence-electron chi connectivity index (χ2n) is 7.75. The van der Waals surface area contributed by atoms with Gasteiger partial charge in [0.25, 0.3) is 0 Å². The Balaban J connectivity index is 0.00000341. The summed E-state index contributed by atoms with van der Waals surface area (Å²) in [7, 11) is 0.602. The molecule has 0 saturated carbocycles. The molecule has 1 aromatic carbocycles. The Morgan fingerprint density at radius 1 is 1.16 bits per heavy atom. The van der Waals surface area contributed by atoms with Gasteiger partial charge in [0.05, 0.1) is 18.0 Å². The van der Waals surface area contributed by atoms with Crippen molar-refractivity contribution < 1.29 is 8.42 Å². The molecule has 1 saturated heterocycles. The minimum absolute atomic E-state index is 0. The lowest BCUT2D eigenvalue weighted by atomic mass is 10.2. The van der Waals surface area contributed by atoms with Crippen LogP contribution in [0.2, 0.25) is 0 Å². The van der Waals surface area contributed by atoms with Gasteiger partial charge < -0.3 is 14.8 Å². The van der Waals surface area contributed by atoms with Crippen LogP contribution in [-0.4, -0.2) is 54.8 Å². The number of halogens is 1. The van der Waals surface area contributed by atoms with Crippen molar-refractivity contribution >= 4 is 40.0 Å². The fourth-order valence-electron chi connectivity index (χ4n) is 3.67. The van der Waals surface area contributed by atoms with Gasteiger partial charge in [-0.05, 0) is 49.6 Å². The fourth-order valence-corrected chi connectivity index (χ4v) is 5.26. The highest BCUT2D eigenvalue weighted by atomic mass is 127. The number of piperidine rings is 1. The first-order chi connectivity index (χ1) is 14.4. The number of nitrogens with one attached hydrogen (secondary N) is 1. The molecule has 31 heavy (non-hydrogen) atoms. The number of nitrogens with zero attached hydrogens (tertiary/aromatic N) is 4. The molecule has 172 valence electrons. The van der Waals surface area contributed by atoms with Crippen molar-refractivity contribution in [3.8, 4) is 0 Å². The zero-order valence-corrected chi connectivity index (χ0v) is 21.8. The summed E-state index contributed by atoms with van der Waals surface area (Å²) in [5.74, 6) is 0.794. The zero-order chi connectivity index (χ0) is 21.6. The second kappa shape index (κ2) is 11.9. The number of rotatable bonds is 7. The Bertz CT molecular complexity index is 968. The van der Waals surface area contributed by atoms with Gasteiger partial charge in [-0.25, -0.2) is 13.4 Å². The van der Waals surface area contributed by atoms with Crippen LogP contribution in [0.1, 0.15) is 37.4 Å². The average molecular weight is 560 g/mol. The molecule has 1 aliphatic heterocycles. The maximum Gasteiger partial charge on any atom is 0.243 e. The van der Waals surface area contributed by atoms with Crippen LogP contribution in [0.3, 0.4) is 0 Å². The molecule has 1 fully saturated rings. The summed E-state index contributed by atoms with van der Waals surface area (Å²) in [6, 6.07) is 11.3. The van der Waals surface area contributed by atoms with Crippen molar-refractivity contribution in [2.24, 2.45) is 12.0 Å². The molecule has 9 heteroatoms. The van der Waals surface area contributed by atoms with E-state index in [-0.39, 0.29) is 24.0 Å². The lowest BCUT2D eigenvalue weighted by Crippen LogP contribution is -2.38. The fraction of sp³-hybridized carbons (Fsp3) is 0.500. The molecule has 0 spiro atoms. The number of guanidine groups is 1. The molecule has 0 unspecified atom stereocenters. The van der Waals surface area contributed by atoms with Crippen molar-refractivity contribution in [2.75, 3.05) is 26.7 Å². The molecule has 0 radical (unpaired) electrons. The highest BCUT2D eigenvalue weighted by molar-refractivity contribution is 14.0. The number of aromatic nitrogens is 1. The predicted molar refractivity (Wildman–Crippen MR) is 136 cm³/mol. The molecule has 2 aromatic rings. The van der Waals surface area contributed by atoms with Crippen LogP contribution in [0.4, 0.5) is 0 Å². The third kappa shape index (κ3) is 6.69. The summed E-state index contributed by atoms with van der Waals surface area (Å²) < 4.78 is 29.6. The summed E-state index contributed by atoms with van der Waals surface area (Å²) in [6.07, 6.45) is 5.00. The maximum atomic E-state index is 13.0. The summed E-state index contributed by atoms with van der Waals surface area (Å²) in [5.41, 5.74) is 2.08. The van der Waals surface area contributed by atoms with E-state index in [0.29, 0.717) is 24.5 Å². The lowest BCUT2D eigenvalue weighted by Gasteiger charge is -2.26. The van der Waals surface area contributed by atoms with Crippen LogP contribution in [0.25, 0.3) is 0 Å². The summed E-state index contributed by atoms with van der Waals surface area (Å²) in [5, 5.41) is 3.32. The van der Waals surface area contributed by atoms with E-state index < -0.39 is 10.0 Å². The average Bonchev–Trinajstić information content (AvgIpc) is 3.16. The van der Waals surface area contributed by atoms with Crippen molar-refractivity contribution in [2.45, 2.75) is 44.2 Å². The van der Waals surface area contributed by atoms with Crippen molar-refractivity contribution in [1.82, 2.24) is 19.1 Å². The van der Waals surface area contributed by atoms with Crippen LogP contribution in [-0.2, 0) is 30.2 Å². The number of hydrogen-bond acceptors (Lipinski definition) is 3. The monoisotopic (exact) mass is 559 g/mol. The van der Waals surface area contributed by atoms with Crippen LogP contribution in [0.5, 0.6) is 0 Å². The Kier molecular flexibility index (Phi) is 9.83. The Hall–Kier alpha value is -1.59. The molecule has 7 nitrogen and oxygen atoms in total. The predicted octanol–water partition coefficient (Wildman–Crippen LogP) is 3.42. The van der Waals surface area contributed by atoms with Crippen molar-refractivity contribution in [3.63, 3.8) is 0 Å². The first-order valence-electron chi connectivity index (χ1n) is 10.6. The van der Waals surface area contributed by atoms with E-state index in [4.69, 9.17) is 4.99 Å². The van der Waals surface area contributed by atoms with Crippen LogP contribution < -0.4 is 5.32 Å². The SMILES string of the molecule is CCNC(=NCc1cccc(S(=O)(=O)N2CCCCC2)c1)N(C)Cc1cccn1C.I. The Morgan fingerprint density at radius 2 is 1.90 bits per heavy atom. The van der Waals surface area contributed by atoms with E-state index in [2.05, 4.69) is 20.9 Å². The molecule has 2 heterocycles. The van der Waals surface area contributed by atoms with Gasteiger partial charge in [-0.15, -0.1) is 24.0 Å². The van der Waals surface area contributed by atoms with Crippen LogP contribution in [0, 0.1) is 0 Å². The third-order valence-corrected chi connectivity index (χ3v) is 7.30.